The minimum atomic E-state index is -2.89. The van der Waals surface area contributed by atoms with Gasteiger partial charge in [-0.15, -0.1) is 0 Å². The molecule has 2 rings (SSSR count). The Morgan fingerprint density at radius 3 is 2.53 bits per heavy atom. The van der Waals surface area contributed by atoms with Crippen LogP contribution in [-0.2, 0) is 9.84 Å². The van der Waals surface area contributed by atoms with Gasteiger partial charge in [0.2, 0.25) is 5.96 Å². The SMILES string of the molecule is NNC(=NC1CCCCC1)N1CCCS(=O)(=O)CC1. The van der Waals surface area contributed by atoms with Crippen molar-refractivity contribution in [1.29, 1.82) is 0 Å². The smallest absolute Gasteiger partial charge is 0.208 e. The van der Waals surface area contributed by atoms with Gasteiger partial charge in [-0.25, -0.2) is 19.3 Å². The molecule has 3 N–H and O–H groups in total. The summed E-state index contributed by atoms with van der Waals surface area (Å²) in [6.07, 6.45) is 6.60. The van der Waals surface area contributed by atoms with Crippen LogP contribution < -0.4 is 11.3 Å². The molecule has 7 heteroatoms. The molecule has 0 amide bonds. The van der Waals surface area contributed by atoms with Crippen molar-refractivity contribution in [3.63, 3.8) is 0 Å². The van der Waals surface area contributed by atoms with Crippen LogP contribution in [0.15, 0.2) is 4.99 Å². The normalized spacial score (nSPS) is 25.9. The van der Waals surface area contributed by atoms with Crippen molar-refractivity contribution in [2.45, 2.75) is 44.6 Å². The lowest BCUT2D eigenvalue weighted by atomic mass is 9.96. The van der Waals surface area contributed by atoms with Gasteiger partial charge in [0.25, 0.3) is 0 Å². The van der Waals surface area contributed by atoms with Crippen molar-refractivity contribution in [3.05, 3.63) is 0 Å². The van der Waals surface area contributed by atoms with E-state index in [2.05, 4.69) is 10.4 Å². The molecule has 6 nitrogen and oxygen atoms in total. The summed E-state index contributed by atoms with van der Waals surface area (Å²) in [7, 11) is -2.89. The summed E-state index contributed by atoms with van der Waals surface area (Å²) in [6.45, 7) is 1.19. The first-order chi connectivity index (χ1) is 9.11. The van der Waals surface area contributed by atoms with Crippen molar-refractivity contribution in [2.24, 2.45) is 10.8 Å². The van der Waals surface area contributed by atoms with Gasteiger partial charge in [-0.2, -0.15) is 0 Å². The highest BCUT2D eigenvalue weighted by Crippen LogP contribution is 2.20. The zero-order valence-electron chi connectivity index (χ0n) is 11.3. The van der Waals surface area contributed by atoms with Gasteiger partial charge in [-0.3, -0.25) is 5.43 Å². The first-order valence-corrected chi connectivity index (χ1v) is 8.93. The predicted molar refractivity (Wildman–Crippen MR) is 76.5 cm³/mol. The van der Waals surface area contributed by atoms with E-state index in [0.717, 1.165) is 12.8 Å². The summed E-state index contributed by atoms with van der Waals surface area (Å²) in [4.78, 5) is 6.65. The van der Waals surface area contributed by atoms with E-state index < -0.39 is 9.84 Å². The zero-order valence-corrected chi connectivity index (χ0v) is 12.2. The lowest BCUT2D eigenvalue weighted by Crippen LogP contribution is -2.46. The number of sulfone groups is 1. The predicted octanol–water partition coefficient (Wildman–Crippen LogP) is 0.259. The van der Waals surface area contributed by atoms with E-state index in [-0.39, 0.29) is 11.5 Å². The van der Waals surface area contributed by atoms with Crippen molar-refractivity contribution in [2.75, 3.05) is 24.6 Å². The van der Waals surface area contributed by atoms with Gasteiger partial charge >= 0.3 is 0 Å². The molecule has 1 aliphatic heterocycles. The Bertz CT molecular complexity index is 415. The van der Waals surface area contributed by atoms with Crippen LogP contribution in [0.2, 0.25) is 0 Å². The molecule has 1 heterocycles. The van der Waals surface area contributed by atoms with Crippen LogP contribution in [0.3, 0.4) is 0 Å². The van der Waals surface area contributed by atoms with Crippen molar-refractivity contribution in [1.82, 2.24) is 10.3 Å². The molecule has 1 aliphatic carbocycles. The molecule has 110 valence electrons. The monoisotopic (exact) mass is 288 g/mol. The minimum Gasteiger partial charge on any atom is -0.341 e. The molecule has 0 radical (unpaired) electrons. The zero-order chi connectivity index (χ0) is 13.7. The lowest BCUT2D eigenvalue weighted by molar-refractivity contribution is 0.406. The Kier molecular flexibility index (Phi) is 5.04. The quantitative estimate of drug-likeness (QED) is 0.313. The third-order valence-corrected chi connectivity index (χ3v) is 5.58. The summed E-state index contributed by atoms with van der Waals surface area (Å²) in [5.41, 5.74) is 2.66. The van der Waals surface area contributed by atoms with Crippen LogP contribution in [-0.4, -0.2) is 49.9 Å². The molecular formula is C12H24N4O2S. The van der Waals surface area contributed by atoms with Gasteiger partial charge in [0.15, 0.2) is 9.84 Å². The molecule has 0 bridgehead atoms. The number of nitrogens with zero attached hydrogens (tertiary/aromatic N) is 2. The summed E-state index contributed by atoms with van der Waals surface area (Å²) in [5, 5.41) is 0. The average Bonchev–Trinajstić information content (AvgIpc) is 2.58. The molecule has 2 aliphatic rings. The summed E-state index contributed by atoms with van der Waals surface area (Å²) < 4.78 is 23.2. The standard InChI is InChI=1S/C12H24N4O2S/c13-15-12(14-11-5-2-1-3-6-11)16-7-4-9-19(17,18)10-8-16/h11H,1-10,13H2,(H,14,15). The van der Waals surface area contributed by atoms with E-state index in [1.54, 1.807) is 0 Å². The summed E-state index contributed by atoms with van der Waals surface area (Å²) >= 11 is 0. The van der Waals surface area contributed by atoms with E-state index in [0.29, 0.717) is 31.5 Å². The number of aliphatic imine (C=N–C) groups is 1. The van der Waals surface area contributed by atoms with Crippen molar-refractivity contribution >= 4 is 15.8 Å². The molecule has 0 aromatic rings. The Hall–Kier alpha value is -0.820. The van der Waals surface area contributed by atoms with E-state index >= 15 is 0 Å². The van der Waals surface area contributed by atoms with Gasteiger partial charge in [0.1, 0.15) is 0 Å². The van der Waals surface area contributed by atoms with E-state index in [9.17, 15) is 8.42 Å². The van der Waals surface area contributed by atoms with Gasteiger partial charge < -0.3 is 4.90 Å². The Balaban J connectivity index is 2.01. The first-order valence-electron chi connectivity index (χ1n) is 7.10. The maximum Gasteiger partial charge on any atom is 0.208 e. The van der Waals surface area contributed by atoms with Gasteiger partial charge in [-0.05, 0) is 19.3 Å². The van der Waals surface area contributed by atoms with Crippen LogP contribution in [0, 0.1) is 0 Å². The largest absolute Gasteiger partial charge is 0.341 e. The third kappa shape index (κ3) is 4.35. The first kappa shape index (κ1) is 14.6. The van der Waals surface area contributed by atoms with E-state index in [4.69, 9.17) is 5.84 Å². The number of hydrogen-bond donors (Lipinski definition) is 2. The molecular weight excluding hydrogens is 264 g/mol. The molecule has 0 unspecified atom stereocenters. The molecule has 2 fully saturated rings. The second-order valence-electron chi connectivity index (χ2n) is 5.38. The number of hydrazine groups is 1. The fourth-order valence-corrected chi connectivity index (χ4v) is 4.02. The van der Waals surface area contributed by atoms with Crippen LogP contribution in [0.5, 0.6) is 0 Å². The van der Waals surface area contributed by atoms with Gasteiger partial charge in [-0.1, -0.05) is 19.3 Å². The van der Waals surface area contributed by atoms with Crippen molar-refractivity contribution < 1.29 is 8.42 Å². The highest BCUT2D eigenvalue weighted by molar-refractivity contribution is 7.91. The molecule has 0 spiro atoms. The Morgan fingerprint density at radius 2 is 1.84 bits per heavy atom. The summed E-state index contributed by atoms with van der Waals surface area (Å²) in [6, 6.07) is 0.333. The molecule has 1 saturated heterocycles. The number of rotatable bonds is 1. The average molecular weight is 288 g/mol. The van der Waals surface area contributed by atoms with E-state index in [1.165, 1.54) is 19.3 Å². The van der Waals surface area contributed by atoms with Crippen LogP contribution in [0.4, 0.5) is 0 Å². The summed E-state index contributed by atoms with van der Waals surface area (Å²) in [5.74, 6) is 6.69. The fraction of sp³-hybridized carbons (Fsp3) is 0.917. The second-order valence-corrected chi connectivity index (χ2v) is 7.68. The lowest BCUT2D eigenvalue weighted by Gasteiger charge is -2.26. The number of nitrogens with one attached hydrogen (secondary N) is 1. The molecule has 19 heavy (non-hydrogen) atoms. The molecule has 0 atom stereocenters. The maximum absolute atomic E-state index is 11.6. The van der Waals surface area contributed by atoms with Crippen LogP contribution in [0.1, 0.15) is 38.5 Å². The molecule has 1 saturated carbocycles. The van der Waals surface area contributed by atoms with Crippen LogP contribution in [0.25, 0.3) is 0 Å². The van der Waals surface area contributed by atoms with Crippen LogP contribution >= 0.6 is 0 Å². The molecule has 0 aromatic heterocycles. The molecule has 0 aromatic carbocycles. The fourth-order valence-electron chi connectivity index (χ4n) is 2.74. The Labute approximate surface area is 115 Å². The maximum atomic E-state index is 11.6. The third-order valence-electron chi connectivity index (χ3n) is 3.86. The van der Waals surface area contributed by atoms with E-state index in [1.807, 2.05) is 4.90 Å². The number of hydrogen-bond acceptors (Lipinski definition) is 4. The highest BCUT2D eigenvalue weighted by Gasteiger charge is 2.22. The number of nitrogens with two attached hydrogens (primary N) is 1. The topological polar surface area (TPSA) is 87.8 Å². The van der Waals surface area contributed by atoms with Crippen molar-refractivity contribution in [3.8, 4) is 0 Å². The minimum absolute atomic E-state index is 0.193. The highest BCUT2D eigenvalue weighted by atomic mass is 32.2. The second kappa shape index (κ2) is 6.56. The van der Waals surface area contributed by atoms with Gasteiger partial charge in [0, 0.05) is 13.1 Å². The Morgan fingerprint density at radius 1 is 1.11 bits per heavy atom. The number of guanidine groups is 1. The van der Waals surface area contributed by atoms with Gasteiger partial charge in [0.05, 0.1) is 17.5 Å².